The molecule has 0 saturated heterocycles. The van der Waals surface area contributed by atoms with Crippen LogP contribution in [0.15, 0.2) is 72.3 Å². The van der Waals surface area contributed by atoms with Crippen LogP contribution in [0.1, 0.15) is 47.2 Å². The molecule has 2 aromatic carbocycles. The Morgan fingerprint density at radius 3 is 2.62 bits per heavy atom. The number of benzene rings is 2. The van der Waals surface area contributed by atoms with Crippen molar-refractivity contribution in [2.45, 2.75) is 32.1 Å². The summed E-state index contributed by atoms with van der Waals surface area (Å²) in [4.78, 5) is 32.6. The number of carbonyl (C=O) groups is 2. The fourth-order valence-electron chi connectivity index (χ4n) is 2.98. The molecule has 1 amide bonds. The smallest absolute Gasteiger partial charge is 0.303 e. The van der Waals surface area contributed by atoms with Crippen molar-refractivity contribution in [1.82, 2.24) is 5.32 Å². The molecular weight excluding hydrogens is 406 g/mol. The molecule has 4 N–H and O–H groups in total. The first kappa shape index (κ1) is 24.6. The van der Waals surface area contributed by atoms with E-state index in [2.05, 4.69) is 16.9 Å². The minimum atomic E-state index is -0.805. The number of nitrogens with zero attached hydrogens (tertiary/aromatic N) is 1. The van der Waals surface area contributed by atoms with Gasteiger partial charge in [0.15, 0.2) is 0 Å². The van der Waals surface area contributed by atoms with E-state index in [1.54, 1.807) is 18.4 Å². The number of aliphatic carboxylic acids is 1. The standard InChI is InChI=1S/C25H29N3O4/c1-2-16-28-25(31)21-14-12-19(13-15-23(32-26)20-9-5-3-6-10-20)18-22(21)27-17-8-4-7-11-24(29)30/h2-3,5-6,9-10,12,14-15,17-18H,1,4,7-8,11,13,16,26H2,(H,28,31)(H,29,30)/b23-15-,27-17+. The van der Waals surface area contributed by atoms with Crippen LogP contribution < -0.4 is 11.2 Å². The van der Waals surface area contributed by atoms with Crippen molar-refractivity contribution in [3.63, 3.8) is 0 Å². The summed E-state index contributed by atoms with van der Waals surface area (Å²) in [6.07, 6.45) is 7.81. The highest BCUT2D eigenvalue weighted by molar-refractivity contribution is 5.99. The molecule has 0 aliphatic heterocycles. The highest BCUT2D eigenvalue weighted by atomic mass is 16.6. The molecule has 7 nitrogen and oxygen atoms in total. The lowest BCUT2D eigenvalue weighted by Gasteiger charge is -2.09. The molecule has 0 bridgehead atoms. The Balaban J connectivity index is 2.18. The van der Waals surface area contributed by atoms with Gasteiger partial charge >= 0.3 is 5.97 Å². The first-order valence-electron chi connectivity index (χ1n) is 10.4. The Kier molecular flexibility index (Phi) is 10.4. The molecule has 0 aromatic heterocycles. The van der Waals surface area contributed by atoms with Crippen LogP contribution >= 0.6 is 0 Å². The lowest BCUT2D eigenvalue weighted by Crippen LogP contribution is -2.23. The molecule has 32 heavy (non-hydrogen) atoms. The summed E-state index contributed by atoms with van der Waals surface area (Å²) in [5, 5.41) is 11.5. The number of allylic oxidation sites excluding steroid dienone is 1. The van der Waals surface area contributed by atoms with Crippen LogP contribution in [0.4, 0.5) is 5.69 Å². The molecule has 2 rings (SSSR count). The van der Waals surface area contributed by atoms with E-state index in [1.165, 1.54) is 0 Å². The van der Waals surface area contributed by atoms with Crippen molar-refractivity contribution in [3.05, 3.63) is 84.0 Å². The zero-order chi connectivity index (χ0) is 23.2. The van der Waals surface area contributed by atoms with E-state index < -0.39 is 5.97 Å². The van der Waals surface area contributed by atoms with Crippen molar-refractivity contribution in [3.8, 4) is 0 Å². The number of rotatable bonds is 13. The quantitative estimate of drug-likeness (QED) is 0.142. The van der Waals surface area contributed by atoms with Gasteiger partial charge in [0, 0.05) is 24.7 Å². The molecule has 168 valence electrons. The molecule has 0 aliphatic rings. The van der Waals surface area contributed by atoms with Gasteiger partial charge in [0.25, 0.3) is 5.91 Å². The lowest BCUT2D eigenvalue weighted by molar-refractivity contribution is -0.137. The third-order valence-corrected chi connectivity index (χ3v) is 4.63. The second-order valence-electron chi connectivity index (χ2n) is 7.06. The molecular formula is C25H29N3O4. The van der Waals surface area contributed by atoms with Crippen LogP contribution in [-0.4, -0.2) is 29.7 Å². The van der Waals surface area contributed by atoms with Gasteiger partial charge in [-0.15, -0.1) is 6.58 Å². The molecule has 0 fully saturated rings. The van der Waals surface area contributed by atoms with Gasteiger partial charge in [0.1, 0.15) is 5.76 Å². The number of carboxylic acids is 1. The predicted octanol–water partition coefficient (Wildman–Crippen LogP) is 4.42. The van der Waals surface area contributed by atoms with E-state index in [9.17, 15) is 9.59 Å². The highest BCUT2D eigenvalue weighted by Gasteiger charge is 2.11. The summed E-state index contributed by atoms with van der Waals surface area (Å²) >= 11 is 0. The molecule has 0 radical (unpaired) electrons. The van der Waals surface area contributed by atoms with Crippen molar-refractivity contribution >= 4 is 29.5 Å². The van der Waals surface area contributed by atoms with Crippen LogP contribution in [0, 0.1) is 0 Å². The second kappa shape index (κ2) is 13.6. The maximum absolute atomic E-state index is 12.5. The van der Waals surface area contributed by atoms with Crippen LogP contribution in [0.2, 0.25) is 0 Å². The van der Waals surface area contributed by atoms with E-state index in [0.29, 0.717) is 49.2 Å². The zero-order valence-corrected chi connectivity index (χ0v) is 18.0. The van der Waals surface area contributed by atoms with Crippen molar-refractivity contribution in [1.29, 1.82) is 0 Å². The zero-order valence-electron chi connectivity index (χ0n) is 18.0. The number of unbranched alkanes of at least 4 members (excludes halogenated alkanes) is 2. The van der Waals surface area contributed by atoms with Gasteiger partial charge in [-0.1, -0.05) is 42.5 Å². The third-order valence-electron chi connectivity index (χ3n) is 4.63. The maximum atomic E-state index is 12.5. The Hall–Kier alpha value is -3.71. The van der Waals surface area contributed by atoms with Crippen molar-refractivity contribution in [2.75, 3.05) is 6.54 Å². The van der Waals surface area contributed by atoms with Gasteiger partial charge in [-0.05, 0) is 49.5 Å². The number of carboxylic acid groups (broad SMARTS) is 1. The van der Waals surface area contributed by atoms with E-state index >= 15 is 0 Å². The average molecular weight is 436 g/mol. The van der Waals surface area contributed by atoms with Gasteiger partial charge in [0.05, 0.1) is 11.3 Å². The molecule has 0 spiro atoms. The fourth-order valence-corrected chi connectivity index (χ4v) is 2.98. The summed E-state index contributed by atoms with van der Waals surface area (Å²) in [5.41, 5.74) is 2.81. The largest absolute Gasteiger partial charge is 0.481 e. The number of nitrogens with two attached hydrogens (primary N) is 1. The van der Waals surface area contributed by atoms with Crippen molar-refractivity contribution in [2.24, 2.45) is 10.9 Å². The molecule has 0 atom stereocenters. The molecule has 0 saturated carbocycles. The van der Waals surface area contributed by atoms with E-state index in [4.69, 9.17) is 15.8 Å². The van der Waals surface area contributed by atoms with E-state index in [-0.39, 0.29) is 12.3 Å². The van der Waals surface area contributed by atoms with Crippen LogP contribution in [0.3, 0.4) is 0 Å². The van der Waals surface area contributed by atoms with Crippen LogP contribution in [-0.2, 0) is 16.1 Å². The van der Waals surface area contributed by atoms with E-state index in [1.807, 2.05) is 48.5 Å². The number of aliphatic imine (C=N–C) groups is 1. The number of nitrogens with one attached hydrogen (secondary N) is 1. The normalized spacial score (nSPS) is 11.3. The second-order valence-corrected chi connectivity index (χ2v) is 7.06. The highest BCUT2D eigenvalue weighted by Crippen LogP contribution is 2.23. The van der Waals surface area contributed by atoms with Gasteiger partial charge < -0.3 is 15.3 Å². The number of hydrogen-bond donors (Lipinski definition) is 3. The monoisotopic (exact) mass is 435 g/mol. The topological polar surface area (TPSA) is 114 Å². The minimum absolute atomic E-state index is 0.137. The lowest BCUT2D eigenvalue weighted by atomic mass is 10.0. The van der Waals surface area contributed by atoms with Gasteiger partial charge in [-0.2, -0.15) is 5.90 Å². The third kappa shape index (κ3) is 8.20. The Labute approximate surface area is 188 Å². The summed E-state index contributed by atoms with van der Waals surface area (Å²) in [5.74, 6) is 4.96. The molecule has 2 aromatic rings. The van der Waals surface area contributed by atoms with Gasteiger partial charge in [0.2, 0.25) is 0 Å². The predicted molar refractivity (Wildman–Crippen MR) is 127 cm³/mol. The summed E-state index contributed by atoms with van der Waals surface area (Å²) < 4.78 is 0. The van der Waals surface area contributed by atoms with Crippen LogP contribution in [0.5, 0.6) is 0 Å². The Bertz CT molecular complexity index is 968. The van der Waals surface area contributed by atoms with Gasteiger partial charge in [-0.25, -0.2) is 0 Å². The number of carbonyl (C=O) groups excluding carboxylic acids is 1. The average Bonchev–Trinajstić information content (AvgIpc) is 2.80. The van der Waals surface area contributed by atoms with Gasteiger partial charge in [-0.3, -0.25) is 14.6 Å². The maximum Gasteiger partial charge on any atom is 0.303 e. The molecule has 0 aliphatic carbocycles. The molecule has 0 unspecified atom stereocenters. The van der Waals surface area contributed by atoms with Crippen LogP contribution in [0.25, 0.3) is 5.76 Å². The summed E-state index contributed by atoms with van der Waals surface area (Å²) in [7, 11) is 0. The Morgan fingerprint density at radius 1 is 1.16 bits per heavy atom. The first-order chi connectivity index (χ1) is 15.5. The number of amides is 1. The first-order valence-corrected chi connectivity index (χ1v) is 10.4. The van der Waals surface area contributed by atoms with Crippen molar-refractivity contribution < 1.29 is 19.5 Å². The molecule has 0 heterocycles. The SMILES string of the molecule is C=CCNC(=O)c1ccc(C/C=C(\ON)c2ccccc2)cc1/N=C/CCCCC(=O)O. The van der Waals surface area contributed by atoms with E-state index in [0.717, 1.165) is 11.1 Å². The molecule has 7 heteroatoms. The minimum Gasteiger partial charge on any atom is -0.481 e. The fraction of sp³-hybridized carbons (Fsp3) is 0.240. The summed E-state index contributed by atoms with van der Waals surface area (Å²) in [6.45, 7) is 3.97. The number of hydrogen-bond acceptors (Lipinski definition) is 5. The Morgan fingerprint density at radius 2 is 1.94 bits per heavy atom. The summed E-state index contributed by atoms with van der Waals surface area (Å²) in [6, 6.07) is 15.0.